The van der Waals surface area contributed by atoms with Crippen molar-refractivity contribution < 1.29 is 14.4 Å². The molecule has 2 amide bonds. The Kier molecular flexibility index (Phi) is 5.42. The lowest BCUT2D eigenvalue weighted by atomic mass is 9.86. The Labute approximate surface area is 143 Å². The molecule has 0 bridgehead atoms. The summed E-state index contributed by atoms with van der Waals surface area (Å²) in [5.74, 6) is -0.946. The Hall–Kier alpha value is -2.17. The normalized spacial score (nSPS) is 20.4. The zero-order valence-corrected chi connectivity index (χ0v) is 15.1. The molecule has 0 saturated heterocycles. The van der Waals surface area contributed by atoms with Gasteiger partial charge in [0.1, 0.15) is 11.7 Å². The van der Waals surface area contributed by atoms with E-state index in [0.29, 0.717) is 13.0 Å². The number of ketones is 2. The number of urea groups is 1. The molecule has 5 nitrogen and oxygen atoms in total. The van der Waals surface area contributed by atoms with Crippen molar-refractivity contribution in [1.29, 1.82) is 0 Å². The van der Waals surface area contributed by atoms with Crippen molar-refractivity contribution in [2.24, 2.45) is 5.92 Å². The van der Waals surface area contributed by atoms with Crippen molar-refractivity contribution in [3.8, 4) is 0 Å². The highest BCUT2D eigenvalue weighted by atomic mass is 16.2. The number of amides is 2. The maximum absolute atomic E-state index is 12.8. The third kappa shape index (κ3) is 3.66. The second kappa shape index (κ2) is 7.16. The molecule has 0 spiro atoms. The standard InChI is InChI=1S/C19H26N2O3/c1-11-8-12(2)16(13(3)9-11)17-15(22)10-14(18(17)23)6-7-20-19(24)21(4)5/h8-9,14,17H,6-7,10H2,1-5H3,(H,20,24). The number of benzene rings is 1. The van der Waals surface area contributed by atoms with E-state index in [9.17, 15) is 14.4 Å². The largest absolute Gasteiger partial charge is 0.338 e. The van der Waals surface area contributed by atoms with Crippen LogP contribution in [-0.4, -0.2) is 43.1 Å². The highest BCUT2D eigenvalue weighted by Crippen LogP contribution is 2.37. The van der Waals surface area contributed by atoms with Crippen LogP contribution in [-0.2, 0) is 9.59 Å². The fraction of sp³-hybridized carbons (Fsp3) is 0.526. The summed E-state index contributed by atoms with van der Waals surface area (Å²) < 4.78 is 0. The molecule has 1 aromatic rings. The zero-order chi connectivity index (χ0) is 18.0. The van der Waals surface area contributed by atoms with E-state index >= 15 is 0 Å². The Morgan fingerprint density at radius 2 is 1.75 bits per heavy atom. The van der Waals surface area contributed by atoms with Gasteiger partial charge < -0.3 is 10.2 Å². The van der Waals surface area contributed by atoms with Gasteiger partial charge in [-0.1, -0.05) is 17.7 Å². The van der Waals surface area contributed by atoms with Gasteiger partial charge in [-0.25, -0.2) is 4.79 Å². The molecule has 1 saturated carbocycles. The third-order valence-electron chi connectivity index (χ3n) is 4.66. The summed E-state index contributed by atoms with van der Waals surface area (Å²) in [7, 11) is 3.33. The first kappa shape index (κ1) is 18.2. The number of carbonyl (C=O) groups is 3. The molecule has 1 aliphatic carbocycles. The Morgan fingerprint density at radius 3 is 2.29 bits per heavy atom. The van der Waals surface area contributed by atoms with Gasteiger partial charge >= 0.3 is 6.03 Å². The molecular weight excluding hydrogens is 304 g/mol. The number of aryl methyl sites for hydroxylation is 3. The Morgan fingerprint density at radius 1 is 1.17 bits per heavy atom. The summed E-state index contributed by atoms with van der Waals surface area (Å²) >= 11 is 0. The monoisotopic (exact) mass is 330 g/mol. The van der Waals surface area contributed by atoms with E-state index in [1.807, 2.05) is 32.9 Å². The van der Waals surface area contributed by atoms with Crippen molar-refractivity contribution in [3.63, 3.8) is 0 Å². The van der Waals surface area contributed by atoms with Gasteiger partial charge in [-0.3, -0.25) is 9.59 Å². The molecule has 2 unspecified atom stereocenters. The molecule has 1 fully saturated rings. The van der Waals surface area contributed by atoms with E-state index in [4.69, 9.17) is 0 Å². The minimum absolute atomic E-state index is 0.000936. The van der Waals surface area contributed by atoms with Crippen molar-refractivity contribution in [2.75, 3.05) is 20.6 Å². The first-order valence-corrected chi connectivity index (χ1v) is 8.31. The maximum Gasteiger partial charge on any atom is 0.316 e. The molecule has 5 heteroatoms. The molecule has 0 aliphatic heterocycles. The van der Waals surface area contributed by atoms with Crippen molar-refractivity contribution in [3.05, 3.63) is 34.4 Å². The highest BCUT2D eigenvalue weighted by Gasteiger charge is 2.42. The topological polar surface area (TPSA) is 66.5 Å². The first-order chi connectivity index (χ1) is 11.2. The van der Waals surface area contributed by atoms with Gasteiger partial charge in [0.05, 0.1) is 0 Å². The van der Waals surface area contributed by atoms with Gasteiger partial charge in [0.25, 0.3) is 0 Å². The van der Waals surface area contributed by atoms with Gasteiger partial charge in [-0.05, 0) is 43.9 Å². The SMILES string of the molecule is Cc1cc(C)c(C2C(=O)CC(CCNC(=O)N(C)C)C2=O)c(C)c1. The van der Waals surface area contributed by atoms with Gasteiger partial charge in [-0.15, -0.1) is 0 Å². The molecule has 2 atom stereocenters. The minimum atomic E-state index is -0.639. The summed E-state index contributed by atoms with van der Waals surface area (Å²) in [6, 6.07) is 3.86. The fourth-order valence-corrected chi connectivity index (χ4v) is 3.56. The van der Waals surface area contributed by atoms with E-state index in [2.05, 4.69) is 5.32 Å². The van der Waals surface area contributed by atoms with Gasteiger partial charge in [0, 0.05) is 33.0 Å². The molecule has 0 radical (unpaired) electrons. The number of carbonyl (C=O) groups excluding carboxylic acids is 3. The van der Waals surface area contributed by atoms with Crippen LogP contribution in [0.3, 0.4) is 0 Å². The molecule has 1 aromatic carbocycles. The number of nitrogens with zero attached hydrogens (tertiary/aromatic N) is 1. The minimum Gasteiger partial charge on any atom is -0.338 e. The summed E-state index contributed by atoms with van der Waals surface area (Å²) in [5, 5.41) is 2.75. The second-order valence-electron chi connectivity index (χ2n) is 6.93. The number of hydrogen-bond acceptors (Lipinski definition) is 3. The predicted molar refractivity (Wildman–Crippen MR) is 93.2 cm³/mol. The molecule has 130 valence electrons. The quantitative estimate of drug-likeness (QED) is 0.863. The third-order valence-corrected chi connectivity index (χ3v) is 4.66. The second-order valence-corrected chi connectivity index (χ2v) is 6.93. The van der Waals surface area contributed by atoms with E-state index in [-0.39, 0.29) is 29.9 Å². The first-order valence-electron chi connectivity index (χ1n) is 8.31. The summed E-state index contributed by atoms with van der Waals surface area (Å²) in [5.41, 5.74) is 4.01. The van der Waals surface area contributed by atoms with Crippen molar-refractivity contribution in [2.45, 2.75) is 39.5 Å². The average molecular weight is 330 g/mol. The lowest BCUT2D eigenvalue weighted by Gasteiger charge is -2.17. The van der Waals surface area contributed by atoms with E-state index in [1.165, 1.54) is 4.90 Å². The molecule has 2 rings (SSSR count). The van der Waals surface area contributed by atoms with Crippen molar-refractivity contribution in [1.82, 2.24) is 10.2 Å². The number of Topliss-reactive ketones (excluding diaryl/α,β-unsaturated/α-hetero) is 2. The summed E-state index contributed by atoms with van der Waals surface area (Å²) in [6.45, 7) is 6.33. The van der Waals surface area contributed by atoms with Gasteiger partial charge in [-0.2, -0.15) is 0 Å². The number of hydrogen-bond donors (Lipinski definition) is 1. The van der Waals surface area contributed by atoms with Crippen molar-refractivity contribution >= 4 is 17.6 Å². The van der Waals surface area contributed by atoms with Crippen LogP contribution in [0, 0.1) is 26.7 Å². The fourth-order valence-electron chi connectivity index (χ4n) is 3.56. The molecule has 1 N–H and O–H groups in total. The van der Waals surface area contributed by atoms with Crippen LogP contribution in [0.5, 0.6) is 0 Å². The molecule has 24 heavy (non-hydrogen) atoms. The van der Waals surface area contributed by atoms with Crippen LogP contribution in [0.25, 0.3) is 0 Å². The lowest BCUT2D eigenvalue weighted by molar-refractivity contribution is -0.124. The Balaban J connectivity index is 2.11. The van der Waals surface area contributed by atoms with Gasteiger partial charge in [0.15, 0.2) is 5.78 Å². The number of nitrogens with one attached hydrogen (secondary N) is 1. The van der Waals surface area contributed by atoms with E-state index < -0.39 is 5.92 Å². The summed E-state index contributed by atoms with van der Waals surface area (Å²) in [4.78, 5) is 38.2. The van der Waals surface area contributed by atoms with Crippen LogP contribution in [0.1, 0.15) is 41.0 Å². The molecule has 0 aromatic heterocycles. The molecule has 1 aliphatic rings. The van der Waals surface area contributed by atoms with E-state index in [0.717, 1.165) is 22.3 Å². The molecule has 0 heterocycles. The average Bonchev–Trinajstić information content (AvgIpc) is 2.74. The van der Waals surface area contributed by atoms with Crippen LogP contribution in [0.4, 0.5) is 4.79 Å². The molecular formula is C19H26N2O3. The van der Waals surface area contributed by atoms with Crippen LogP contribution in [0.15, 0.2) is 12.1 Å². The van der Waals surface area contributed by atoms with Crippen LogP contribution < -0.4 is 5.32 Å². The van der Waals surface area contributed by atoms with Gasteiger partial charge in [0.2, 0.25) is 0 Å². The highest BCUT2D eigenvalue weighted by molar-refractivity contribution is 6.15. The summed E-state index contributed by atoms with van der Waals surface area (Å²) in [6.07, 6.45) is 0.776. The van der Waals surface area contributed by atoms with Crippen LogP contribution >= 0.6 is 0 Å². The smallest absolute Gasteiger partial charge is 0.316 e. The number of rotatable bonds is 4. The van der Waals surface area contributed by atoms with Crippen LogP contribution in [0.2, 0.25) is 0 Å². The van der Waals surface area contributed by atoms with E-state index in [1.54, 1.807) is 14.1 Å². The Bertz CT molecular complexity index is 656. The maximum atomic E-state index is 12.8. The lowest BCUT2D eigenvalue weighted by Crippen LogP contribution is -2.35. The predicted octanol–water partition coefficient (Wildman–Crippen LogP) is 2.51. The zero-order valence-electron chi connectivity index (χ0n) is 15.1.